The standard InChI is InChI=1S/C7H8AsO2/c9-8(10)6-7-4-2-1-3-5-7/h1-5H,6H2,(H,9,10). The Bertz CT molecular complexity index is 220. The zero-order valence-electron chi connectivity index (χ0n) is 5.40. The van der Waals surface area contributed by atoms with Gasteiger partial charge < -0.3 is 0 Å². The molecule has 1 radical (unpaired) electrons. The van der Waals surface area contributed by atoms with Gasteiger partial charge in [0, 0.05) is 0 Å². The summed E-state index contributed by atoms with van der Waals surface area (Å²) in [5.74, 6) is 0. The van der Waals surface area contributed by atoms with E-state index in [2.05, 4.69) is 0 Å². The van der Waals surface area contributed by atoms with Gasteiger partial charge in [-0.3, -0.25) is 0 Å². The summed E-state index contributed by atoms with van der Waals surface area (Å²) in [7, 11) is 0. The Kier molecular flexibility index (Phi) is 2.79. The molecule has 0 fully saturated rings. The van der Waals surface area contributed by atoms with Gasteiger partial charge in [-0.15, -0.1) is 0 Å². The molecular formula is C7H8AsO2. The van der Waals surface area contributed by atoms with Gasteiger partial charge in [-0.25, -0.2) is 0 Å². The Morgan fingerprint density at radius 1 is 1.30 bits per heavy atom. The van der Waals surface area contributed by atoms with Crippen molar-refractivity contribution < 1.29 is 7.84 Å². The Morgan fingerprint density at radius 2 is 1.90 bits per heavy atom. The van der Waals surface area contributed by atoms with E-state index in [0.29, 0.717) is 5.21 Å². The molecule has 1 rings (SSSR count). The average Bonchev–Trinajstić information content (AvgIpc) is 1.88. The molecule has 3 heteroatoms. The minimum atomic E-state index is -2.71. The SMILES string of the molecule is O=[As](O)Cc1ccccc1. The van der Waals surface area contributed by atoms with E-state index in [1.807, 2.05) is 30.3 Å². The van der Waals surface area contributed by atoms with Gasteiger partial charge in [0.2, 0.25) is 0 Å². The van der Waals surface area contributed by atoms with Crippen molar-refractivity contribution in [3.63, 3.8) is 0 Å². The van der Waals surface area contributed by atoms with Crippen LogP contribution in [-0.4, -0.2) is 19.0 Å². The fraction of sp³-hybridized carbons (Fsp3) is 0.143. The monoisotopic (exact) mass is 199 g/mol. The van der Waals surface area contributed by atoms with Crippen LogP contribution in [-0.2, 0) is 8.95 Å². The molecule has 1 N–H and O–H groups in total. The first kappa shape index (κ1) is 7.64. The second-order valence-corrected chi connectivity index (χ2v) is 4.14. The molecule has 1 aromatic rings. The van der Waals surface area contributed by atoms with Crippen LogP contribution in [0.1, 0.15) is 5.56 Å². The van der Waals surface area contributed by atoms with Gasteiger partial charge in [0.05, 0.1) is 0 Å². The second kappa shape index (κ2) is 3.64. The van der Waals surface area contributed by atoms with Crippen molar-refractivity contribution in [3.8, 4) is 0 Å². The zero-order valence-corrected chi connectivity index (χ0v) is 7.27. The first-order valence-electron chi connectivity index (χ1n) is 2.96. The predicted octanol–water partition coefficient (Wildman–Crippen LogP) is 0.679. The van der Waals surface area contributed by atoms with Crippen LogP contribution in [0.2, 0.25) is 0 Å². The molecule has 0 aliphatic rings. The maximum absolute atomic E-state index is 10.4. The molecule has 2 nitrogen and oxygen atoms in total. The molecule has 0 spiro atoms. The third-order valence-electron chi connectivity index (χ3n) is 1.16. The molecule has 1 unspecified atom stereocenters. The molecule has 0 aliphatic heterocycles. The van der Waals surface area contributed by atoms with Crippen LogP contribution in [0.25, 0.3) is 0 Å². The first-order chi connectivity index (χ1) is 4.79. The van der Waals surface area contributed by atoms with E-state index >= 15 is 0 Å². The first-order valence-corrected chi connectivity index (χ1v) is 5.90. The topological polar surface area (TPSA) is 37.3 Å². The van der Waals surface area contributed by atoms with Crippen molar-refractivity contribution in [2.75, 3.05) is 0 Å². The molecule has 10 heavy (non-hydrogen) atoms. The fourth-order valence-corrected chi connectivity index (χ4v) is 1.84. The van der Waals surface area contributed by atoms with Crippen molar-refractivity contribution in [3.05, 3.63) is 35.9 Å². The molecule has 0 heterocycles. The zero-order chi connectivity index (χ0) is 7.40. The summed E-state index contributed by atoms with van der Waals surface area (Å²) in [6.07, 6.45) is 0. The van der Waals surface area contributed by atoms with E-state index in [-0.39, 0.29) is 0 Å². The van der Waals surface area contributed by atoms with E-state index in [9.17, 15) is 3.74 Å². The summed E-state index contributed by atoms with van der Waals surface area (Å²) in [5.41, 5.74) is 0.944. The van der Waals surface area contributed by atoms with Crippen molar-refractivity contribution in [1.29, 1.82) is 0 Å². The normalized spacial score (nSPS) is 11.1. The van der Waals surface area contributed by atoms with Crippen LogP contribution >= 0.6 is 0 Å². The second-order valence-electron chi connectivity index (χ2n) is 2.00. The van der Waals surface area contributed by atoms with Gasteiger partial charge in [0.15, 0.2) is 0 Å². The summed E-state index contributed by atoms with van der Waals surface area (Å²) >= 11 is -2.71. The quantitative estimate of drug-likeness (QED) is 0.711. The number of hydrogen-bond acceptors (Lipinski definition) is 1. The van der Waals surface area contributed by atoms with Crippen molar-refractivity contribution in [1.82, 2.24) is 0 Å². The molecule has 0 aliphatic carbocycles. The summed E-state index contributed by atoms with van der Waals surface area (Å²) < 4.78 is 19.0. The Balaban J connectivity index is 2.67. The van der Waals surface area contributed by atoms with E-state index in [1.165, 1.54) is 0 Å². The summed E-state index contributed by atoms with van der Waals surface area (Å²) in [6.45, 7) is 0. The van der Waals surface area contributed by atoms with Crippen LogP contribution in [0.4, 0.5) is 0 Å². The Morgan fingerprint density at radius 3 is 2.40 bits per heavy atom. The third-order valence-corrected chi connectivity index (χ3v) is 2.49. The number of benzene rings is 1. The van der Waals surface area contributed by atoms with Gasteiger partial charge >= 0.3 is 63.9 Å². The van der Waals surface area contributed by atoms with Gasteiger partial charge in [0.25, 0.3) is 0 Å². The van der Waals surface area contributed by atoms with Crippen LogP contribution in [0.3, 0.4) is 0 Å². The van der Waals surface area contributed by atoms with Gasteiger partial charge in [-0.1, -0.05) is 0 Å². The van der Waals surface area contributed by atoms with Crippen LogP contribution in [0.15, 0.2) is 30.3 Å². The Hall–Kier alpha value is -0.462. The van der Waals surface area contributed by atoms with Crippen LogP contribution < -0.4 is 0 Å². The fourth-order valence-electron chi connectivity index (χ4n) is 0.740. The van der Waals surface area contributed by atoms with E-state index < -0.39 is 14.9 Å². The molecule has 0 saturated heterocycles. The molecule has 0 saturated carbocycles. The van der Waals surface area contributed by atoms with E-state index in [4.69, 9.17) is 4.10 Å². The molecule has 0 aromatic heterocycles. The molecule has 53 valence electrons. The maximum atomic E-state index is 10.4. The number of rotatable bonds is 2. The summed E-state index contributed by atoms with van der Waals surface area (Å²) in [5, 5.41) is 0.341. The summed E-state index contributed by atoms with van der Waals surface area (Å²) in [4.78, 5) is 0. The number of hydrogen-bond donors (Lipinski definition) is 1. The molecular weight excluding hydrogens is 191 g/mol. The van der Waals surface area contributed by atoms with Crippen LogP contribution in [0.5, 0.6) is 0 Å². The predicted molar refractivity (Wildman–Crippen MR) is 38.8 cm³/mol. The molecule has 0 bridgehead atoms. The molecule has 0 amide bonds. The van der Waals surface area contributed by atoms with Crippen LogP contribution in [0, 0.1) is 0 Å². The van der Waals surface area contributed by atoms with Crippen molar-refractivity contribution in [2.24, 2.45) is 0 Å². The van der Waals surface area contributed by atoms with Crippen molar-refractivity contribution in [2.45, 2.75) is 5.21 Å². The average molecular weight is 199 g/mol. The molecule has 1 aromatic carbocycles. The van der Waals surface area contributed by atoms with Gasteiger partial charge in [0.1, 0.15) is 0 Å². The van der Waals surface area contributed by atoms with E-state index in [1.54, 1.807) is 0 Å². The van der Waals surface area contributed by atoms with Gasteiger partial charge in [-0.05, 0) is 0 Å². The van der Waals surface area contributed by atoms with E-state index in [0.717, 1.165) is 5.56 Å². The third kappa shape index (κ3) is 2.42. The minimum absolute atomic E-state index is 0.341. The molecule has 1 atom stereocenters. The Labute approximate surface area is 64.3 Å². The van der Waals surface area contributed by atoms with Gasteiger partial charge in [-0.2, -0.15) is 0 Å². The summed E-state index contributed by atoms with van der Waals surface area (Å²) in [6, 6.07) is 9.34. The van der Waals surface area contributed by atoms with Crippen molar-refractivity contribution >= 4 is 14.9 Å².